The lowest BCUT2D eigenvalue weighted by Crippen LogP contribution is -2.14. The molecular weight excluding hydrogens is 220 g/mol. The van der Waals surface area contributed by atoms with E-state index >= 15 is 0 Å². The quantitative estimate of drug-likeness (QED) is 0.753. The van der Waals surface area contributed by atoms with Crippen LogP contribution in [-0.4, -0.2) is 25.2 Å². The van der Waals surface area contributed by atoms with Gasteiger partial charge in [0.2, 0.25) is 0 Å². The fourth-order valence-corrected chi connectivity index (χ4v) is 1.42. The summed E-state index contributed by atoms with van der Waals surface area (Å²) in [5, 5.41) is 0. The number of benzene rings is 1. The van der Waals surface area contributed by atoms with E-state index < -0.39 is 11.9 Å². The van der Waals surface area contributed by atoms with Gasteiger partial charge in [-0.05, 0) is 32.9 Å². The highest BCUT2D eigenvalue weighted by atomic mass is 16.5. The number of hydrogen-bond acceptors (Lipinski definition) is 4. The first kappa shape index (κ1) is 13.2. The van der Waals surface area contributed by atoms with Crippen LogP contribution in [0.1, 0.15) is 40.1 Å². The maximum absolute atomic E-state index is 11.7. The number of hydrogen-bond donors (Lipinski definition) is 0. The molecule has 0 fully saturated rings. The highest BCUT2D eigenvalue weighted by molar-refractivity contribution is 6.03. The summed E-state index contributed by atoms with van der Waals surface area (Å²) in [4.78, 5) is 23.4. The molecule has 0 unspecified atom stereocenters. The van der Waals surface area contributed by atoms with Gasteiger partial charge >= 0.3 is 11.9 Å². The number of ether oxygens (including phenoxy) is 2. The molecule has 1 aromatic carbocycles. The van der Waals surface area contributed by atoms with Crippen molar-refractivity contribution in [1.29, 1.82) is 0 Å². The van der Waals surface area contributed by atoms with Crippen molar-refractivity contribution in [3.05, 3.63) is 34.9 Å². The van der Waals surface area contributed by atoms with Gasteiger partial charge in [0.25, 0.3) is 0 Å². The van der Waals surface area contributed by atoms with Gasteiger partial charge in [0.1, 0.15) is 0 Å². The van der Waals surface area contributed by atoms with Crippen LogP contribution in [0.25, 0.3) is 0 Å². The molecular formula is C13H16O4. The van der Waals surface area contributed by atoms with E-state index in [2.05, 4.69) is 0 Å². The molecule has 4 nitrogen and oxygen atoms in total. The van der Waals surface area contributed by atoms with E-state index in [4.69, 9.17) is 9.47 Å². The number of esters is 2. The zero-order chi connectivity index (χ0) is 12.8. The SMILES string of the molecule is CCOC(=O)c1ccc(C)cc1C(=O)OCC. The first-order valence-corrected chi connectivity index (χ1v) is 5.55. The molecule has 0 bridgehead atoms. The Morgan fingerprint density at radius 1 is 1.00 bits per heavy atom. The molecule has 0 aliphatic carbocycles. The molecule has 92 valence electrons. The predicted octanol–water partition coefficient (Wildman–Crippen LogP) is 2.35. The summed E-state index contributed by atoms with van der Waals surface area (Å²) in [7, 11) is 0. The van der Waals surface area contributed by atoms with Crippen LogP contribution in [0.15, 0.2) is 18.2 Å². The average molecular weight is 236 g/mol. The summed E-state index contributed by atoms with van der Waals surface area (Å²) in [6, 6.07) is 4.97. The van der Waals surface area contributed by atoms with Gasteiger partial charge in [-0.2, -0.15) is 0 Å². The molecule has 0 spiro atoms. The van der Waals surface area contributed by atoms with Crippen LogP contribution in [-0.2, 0) is 9.47 Å². The van der Waals surface area contributed by atoms with Crippen LogP contribution >= 0.6 is 0 Å². The number of rotatable bonds is 4. The van der Waals surface area contributed by atoms with Gasteiger partial charge in [0.15, 0.2) is 0 Å². The van der Waals surface area contributed by atoms with Crippen molar-refractivity contribution >= 4 is 11.9 Å². The van der Waals surface area contributed by atoms with Crippen LogP contribution in [0.5, 0.6) is 0 Å². The zero-order valence-electron chi connectivity index (χ0n) is 10.3. The molecule has 0 radical (unpaired) electrons. The second kappa shape index (κ2) is 6.03. The van der Waals surface area contributed by atoms with E-state index in [9.17, 15) is 9.59 Å². The monoisotopic (exact) mass is 236 g/mol. The minimum atomic E-state index is -0.504. The molecule has 1 aromatic rings. The van der Waals surface area contributed by atoms with Crippen molar-refractivity contribution in [3.8, 4) is 0 Å². The number of carbonyl (C=O) groups is 2. The molecule has 0 heterocycles. The average Bonchev–Trinajstić information content (AvgIpc) is 2.29. The van der Waals surface area contributed by atoms with Crippen molar-refractivity contribution in [2.45, 2.75) is 20.8 Å². The van der Waals surface area contributed by atoms with Gasteiger partial charge in [-0.3, -0.25) is 0 Å². The third-order valence-corrected chi connectivity index (χ3v) is 2.17. The summed E-state index contributed by atoms with van der Waals surface area (Å²) in [6.07, 6.45) is 0. The van der Waals surface area contributed by atoms with Crippen LogP contribution in [0.2, 0.25) is 0 Å². The minimum absolute atomic E-state index is 0.246. The van der Waals surface area contributed by atoms with Crippen molar-refractivity contribution in [2.75, 3.05) is 13.2 Å². The molecule has 0 saturated carbocycles. The Labute approximate surface area is 101 Å². The van der Waals surface area contributed by atoms with Gasteiger partial charge in [0, 0.05) is 0 Å². The van der Waals surface area contributed by atoms with Gasteiger partial charge in [-0.1, -0.05) is 11.6 Å². The Bertz CT molecular complexity index is 423. The molecule has 0 N–H and O–H groups in total. The molecule has 0 aliphatic rings. The van der Waals surface area contributed by atoms with E-state index in [0.717, 1.165) is 5.56 Å². The largest absolute Gasteiger partial charge is 0.462 e. The van der Waals surface area contributed by atoms with Gasteiger partial charge in [-0.25, -0.2) is 9.59 Å². The summed E-state index contributed by atoms with van der Waals surface area (Å²) in [6.45, 7) is 5.83. The molecule has 0 saturated heterocycles. The maximum atomic E-state index is 11.7. The second-order valence-electron chi connectivity index (χ2n) is 3.49. The smallest absolute Gasteiger partial charge is 0.339 e. The summed E-state index contributed by atoms with van der Waals surface area (Å²) >= 11 is 0. The molecule has 17 heavy (non-hydrogen) atoms. The number of carbonyl (C=O) groups excluding carboxylic acids is 2. The van der Waals surface area contributed by atoms with Crippen LogP contribution in [0.3, 0.4) is 0 Å². The lowest BCUT2D eigenvalue weighted by Gasteiger charge is -2.08. The molecule has 0 amide bonds. The van der Waals surface area contributed by atoms with Crippen LogP contribution in [0, 0.1) is 6.92 Å². The summed E-state index contributed by atoms with van der Waals surface area (Å²) < 4.78 is 9.80. The molecule has 4 heteroatoms. The Kier molecular flexibility index (Phi) is 4.69. The van der Waals surface area contributed by atoms with E-state index in [1.807, 2.05) is 6.92 Å². The molecule has 0 aliphatic heterocycles. The van der Waals surface area contributed by atoms with Gasteiger partial charge in [0.05, 0.1) is 24.3 Å². The maximum Gasteiger partial charge on any atom is 0.339 e. The Morgan fingerprint density at radius 2 is 1.53 bits per heavy atom. The third kappa shape index (κ3) is 3.31. The standard InChI is InChI=1S/C13H16O4/c1-4-16-12(14)10-7-6-9(3)8-11(10)13(15)17-5-2/h6-8H,4-5H2,1-3H3. The normalized spacial score (nSPS) is 9.82. The van der Waals surface area contributed by atoms with Crippen molar-refractivity contribution in [1.82, 2.24) is 0 Å². The van der Waals surface area contributed by atoms with Gasteiger partial charge in [-0.15, -0.1) is 0 Å². The zero-order valence-corrected chi connectivity index (χ0v) is 10.3. The fourth-order valence-electron chi connectivity index (χ4n) is 1.42. The third-order valence-electron chi connectivity index (χ3n) is 2.17. The van der Waals surface area contributed by atoms with E-state index in [-0.39, 0.29) is 24.3 Å². The summed E-state index contributed by atoms with van der Waals surface area (Å²) in [5.41, 5.74) is 1.39. The fraction of sp³-hybridized carbons (Fsp3) is 0.385. The molecule has 1 rings (SSSR count). The molecule has 0 atom stereocenters. The van der Waals surface area contributed by atoms with Crippen molar-refractivity contribution in [2.24, 2.45) is 0 Å². The second-order valence-corrected chi connectivity index (χ2v) is 3.49. The van der Waals surface area contributed by atoms with Crippen molar-refractivity contribution < 1.29 is 19.1 Å². The Balaban J connectivity index is 3.11. The lowest BCUT2D eigenvalue weighted by atomic mass is 10.0. The Hall–Kier alpha value is -1.84. The highest BCUT2D eigenvalue weighted by Gasteiger charge is 2.18. The Morgan fingerprint density at radius 3 is 2.06 bits per heavy atom. The number of aryl methyl sites for hydroxylation is 1. The summed E-state index contributed by atoms with van der Waals surface area (Å²) in [5.74, 6) is -1.00. The molecule has 0 aromatic heterocycles. The van der Waals surface area contributed by atoms with Crippen molar-refractivity contribution in [3.63, 3.8) is 0 Å². The van der Waals surface area contributed by atoms with Crippen LogP contribution < -0.4 is 0 Å². The van der Waals surface area contributed by atoms with Crippen LogP contribution in [0.4, 0.5) is 0 Å². The minimum Gasteiger partial charge on any atom is -0.462 e. The first-order chi connectivity index (χ1) is 8.10. The van der Waals surface area contributed by atoms with E-state index in [0.29, 0.717) is 0 Å². The first-order valence-electron chi connectivity index (χ1n) is 5.55. The lowest BCUT2D eigenvalue weighted by molar-refractivity contribution is 0.0479. The topological polar surface area (TPSA) is 52.6 Å². The van der Waals surface area contributed by atoms with E-state index in [1.54, 1.807) is 32.0 Å². The predicted molar refractivity (Wildman–Crippen MR) is 63.1 cm³/mol. The van der Waals surface area contributed by atoms with Gasteiger partial charge < -0.3 is 9.47 Å². The highest BCUT2D eigenvalue weighted by Crippen LogP contribution is 2.14. The van der Waals surface area contributed by atoms with E-state index in [1.165, 1.54) is 0 Å².